The predicted molar refractivity (Wildman–Crippen MR) is 99.8 cm³/mol. The Kier molecular flexibility index (Phi) is 5.96. The maximum atomic E-state index is 9.68. The lowest BCUT2D eigenvalue weighted by Crippen LogP contribution is -2.36. The van der Waals surface area contributed by atoms with Crippen LogP contribution >= 0.6 is 0 Å². The molecule has 0 bridgehead atoms. The second kappa shape index (κ2) is 7.99. The largest absolute Gasteiger partial charge is 0.393 e. The molecule has 2 fully saturated rings. The van der Waals surface area contributed by atoms with Gasteiger partial charge in [0.15, 0.2) is 0 Å². The minimum absolute atomic E-state index is 0.0892. The summed E-state index contributed by atoms with van der Waals surface area (Å²) in [6.45, 7) is 8.82. The standard InChI is InChI=1S/C21H34N2O/c1-21(2)11-7-19(8-12-21)22-15-17-5-3-4-6-18(17)16-23-13-9-20(24)10-14-23/h3-6,19-20,22,24H,7-16H2,1-2H3. The third kappa shape index (κ3) is 5.05. The molecule has 1 aromatic carbocycles. The quantitative estimate of drug-likeness (QED) is 0.864. The highest BCUT2D eigenvalue weighted by Gasteiger charge is 2.26. The number of piperidine rings is 1. The van der Waals surface area contributed by atoms with Gasteiger partial charge in [-0.1, -0.05) is 38.1 Å². The Morgan fingerprint density at radius 3 is 2.33 bits per heavy atom. The molecule has 0 amide bonds. The van der Waals surface area contributed by atoms with Crippen molar-refractivity contribution in [1.29, 1.82) is 0 Å². The molecule has 1 heterocycles. The lowest BCUT2D eigenvalue weighted by molar-refractivity contribution is 0.0791. The summed E-state index contributed by atoms with van der Waals surface area (Å²) in [7, 11) is 0. The summed E-state index contributed by atoms with van der Waals surface area (Å²) >= 11 is 0. The first-order valence-corrected chi connectivity index (χ1v) is 9.72. The van der Waals surface area contributed by atoms with Crippen LogP contribution in [0.2, 0.25) is 0 Å². The van der Waals surface area contributed by atoms with Crippen LogP contribution in [-0.4, -0.2) is 35.2 Å². The van der Waals surface area contributed by atoms with E-state index in [-0.39, 0.29) is 6.10 Å². The number of likely N-dealkylation sites (tertiary alicyclic amines) is 1. The molecule has 1 aliphatic heterocycles. The van der Waals surface area contributed by atoms with Crippen LogP contribution in [0.25, 0.3) is 0 Å². The van der Waals surface area contributed by atoms with E-state index in [0.29, 0.717) is 11.5 Å². The highest BCUT2D eigenvalue weighted by molar-refractivity contribution is 5.27. The minimum Gasteiger partial charge on any atom is -0.393 e. The van der Waals surface area contributed by atoms with Crippen LogP contribution < -0.4 is 5.32 Å². The zero-order chi connectivity index (χ0) is 17.0. The fraction of sp³-hybridized carbons (Fsp3) is 0.714. The highest BCUT2D eigenvalue weighted by atomic mass is 16.3. The number of benzene rings is 1. The van der Waals surface area contributed by atoms with Crippen LogP contribution in [0.5, 0.6) is 0 Å². The first kappa shape index (κ1) is 17.9. The van der Waals surface area contributed by atoms with Crippen molar-refractivity contribution in [3.8, 4) is 0 Å². The number of hydrogen-bond acceptors (Lipinski definition) is 3. The molecule has 1 saturated heterocycles. The molecule has 0 atom stereocenters. The Balaban J connectivity index is 1.52. The van der Waals surface area contributed by atoms with E-state index in [1.54, 1.807) is 0 Å². The molecule has 1 saturated carbocycles. The van der Waals surface area contributed by atoms with E-state index in [4.69, 9.17) is 0 Å². The summed E-state index contributed by atoms with van der Waals surface area (Å²) in [4.78, 5) is 2.48. The van der Waals surface area contributed by atoms with Crippen LogP contribution in [0.3, 0.4) is 0 Å². The van der Waals surface area contributed by atoms with Gasteiger partial charge in [-0.15, -0.1) is 0 Å². The number of nitrogens with one attached hydrogen (secondary N) is 1. The SMILES string of the molecule is CC1(C)CCC(NCc2ccccc2CN2CCC(O)CC2)CC1. The Hall–Kier alpha value is -0.900. The fourth-order valence-corrected chi connectivity index (χ4v) is 4.06. The van der Waals surface area contributed by atoms with E-state index in [2.05, 4.69) is 48.3 Å². The fourth-order valence-electron chi connectivity index (χ4n) is 4.06. The number of aliphatic hydroxyl groups is 1. The first-order chi connectivity index (χ1) is 11.5. The van der Waals surface area contributed by atoms with Crippen molar-refractivity contribution in [1.82, 2.24) is 10.2 Å². The van der Waals surface area contributed by atoms with Crippen molar-refractivity contribution in [3.05, 3.63) is 35.4 Å². The molecule has 3 rings (SSSR count). The monoisotopic (exact) mass is 330 g/mol. The third-order valence-electron chi connectivity index (χ3n) is 5.99. The normalized spacial score (nSPS) is 23.5. The van der Waals surface area contributed by atoms with Crippen molar-refractivity contribution in [2.75, 3.05) is 13.1 Å². The molecule has 0 aromatic heterocycles. The summed E-state index contributed by atoms with van der Waals surface area (Å²) in [5.41, 5.74) is 3.42. The summed E-state index contributed by atoms with van der Waals surface area (Å²) < 4.78 is 0. The predicted octanol–water partition coefficient (Wildman–Crippen LogP) is 3.70. The van der Waals surface area contributed by atoms with Crippen molar-refractivity contribution < 1.29 is 5.11 Å². The molecular weight excluding hydrogens is 296 g/mol. The van der Waals surface area contributed by atoms with Gasteiger partial charge in [0.05, 0.1) is 6.10 Å². The smallest absolute Gasteiger partial charge is 0.0564 e. The van der Waals surface area contributed by atoms with Gasteiger partial charge in [-0.05, 0) is 55.1 Å². The average molecular weight is 331 g/mol. The van der Waals surface area contributed by atoms with Gasteiger partial charge in [-0.3, -0.25) is 4.90 Å². The van der Waals surface area contributed by atoms with Gasteiger partial charge in [0, 0.05) is 32.2 Å². The van der Waals surface area contributed by atoms with Crippen LogP contribution in [0.1, 0.15) is 63.5 Å². The van der Waals surface area contributed by atoms with Gasteiger partial charge in [0.1, 0.15) is 0 Å². The van der Waals surface area contributed by atoms with Crippen molar-refractivity contribution in [3.63, 3.8) is 0 Å². The van der Waals surface area contributed by atoms with E-state index in [1.165, 1.54) is 36.8 Å². The van der Waals surface area contributed by atoms with Gasteiger partial charge in [-0.25, -0.2) is 0 Å². The molecule has 2 N–H and O–H groups in total. The van der Waals surface area contributed by atoms with Crippen LogP contribution in [-0.2, 0) is 13.1 Å². The number of hydrogen-bond donors (Lipinski definition) is 2. The zero-order valence-electron chi connectivity index (χ0n) is 15.4. The molecule has 0 unspecified atom stereocenters. The third-order valence-corrected chi connectivity index (χ3v) is 5.99. The number of rotatable bonds is 5. The van der Waals surface area contributed by atoms with Crippen molar-refractivity contribution >= 4 is 0 Å². The molecule has 24 heavy (non-hydrogen) atoms. The Labute approximate surface area is 147 Å². The Bertz CT molecular complexity index is 510. The van der Waals surface area contributed by atoms with E-state index in [9.17, 15) is 5.11 Å². The molecular formula is C21H34N2O. The maximum absolute atomic E-state index is 9.68. The van der Waals surface area contributed by atoms with Crippen LogP contribution in [0, 0.1) is 5.41 Å². The average Bonchev–Trinajstić information content (AvgIpc) is 2.57. The lowest BCUT2D eigenvalue weighted by atomic mass is 9.75. The molecule has 3 heteroatoms. The molecule has 1 aliphatic carbocycles. The maximum Gasteiger partial charge on any atom is 0.0564 e. The molecule has 2 aliphatic rings. The summed E-state index contributed by atoms with van der Waals surface area (Å²) in [5, 5.41) is 13.5. The number of aliphatic hydroxyl groups excluding tert-OH is 1. The van der Waals surface area contributed by atoms with E-state index in [1.807, 2.05) is 0 Å². The summed E-state index contributed by atoms with van der Waals surface area (Å²) in [6.07, 6.45) is 7.02. The van der Waals surface area contributed by atoms with Crippen molar-refractivity contribution in [2.45, 2.75) is 77.6 Å². The first-order valence-electron chi connectivity index (χ1n) is 9.72. The van der Waals surface area contributed by atoms with Gasteiger partial charge >= 0.3 is 0 Å². The van der Waals surface area contributed by atoms with Gasteiger partial charge in [-0.2, -0.15) is 0 Å². The van der Waals surface area contributed by atoms with Crippen LogP contribution in [0.4, 0.5) is 0 Å². The van der Waals surface area contributed by atoms with Gasteiger partial charge < -0.3 is 10.4 Å². The molecule has 134 valence electrons. The Morgan fingerprint density at radius 1 is 1.04 bits per heavy atom. The van der Waals surface area contributed by atoms with E-state index < -0.39 is 0 Å². The summed E-state index contributed by atoms with van der Waals surface area (Å²) in [6, 6.07) is 9.53. The van der Waals surface area contributed by atoms with Crippen LogP contribution in [0.15, 0.2) is 24.3 Å². The van der Waals surface area contributed by atoms with Gasteiger partial charge in [0.2, 0.25) is 0 Å². The molecule has 1 aromatic rings. The minimum atomic E-state index is -0.0892. The second-order valence-corrected chi connectivity index (χ2v) is 8.60. The molecule has 3 nitrogen and oxygen atoms in total. The lowest BCUT2D eigenvalue weighted by Gasteiger charge is -2.35. The topological polar surface area (TPSA) is 35.5 Å². The van der Waals surface area contributed by atoms with Crippen molar-refractivity contribution in [2.24, 2.45) is 5.41 Å². The highest BCUT2D eigenvalue weighted by Crippen LogP contribution is 2.35. The van der Waals surface area contributed by atoms with Gasteiger partial charge in [0.25, 0.3) is 0 Å². The van der Waals surface area contributed by atoms with E-state index >= 15 is 0 Å². The van der Waals surface area contributed by atoms with E-state index in [0.717, 1.165) is 39.0 Å². The summed E-state index contributed by atoms with van der Waals surface area (Å²) in [5.74, 6) is 0. The second-order valence-electron chi connectivity index (χ2n) is 8.60. The molecule has 0 radical (unpaired) electrons. The number of nitrogens with zero attached hydrogens (tertiary/aromatic N) is 1. The Morgan fingerprint density at radius 2 is 1.67 bits per heavy atom. The zero-order valence-corrected chi connectivity index (χ0v) is 15.4. The molecule has 0 spiro atoms.